The Balaban J connectivity index is 0.923. The first-order chi connectivity index (χ1) is 22.9. The lowest BCUT2D eigenvalue weighted by Gasteiger charge is -2.30. The van der Waals surface area contributed by atoms with E-state index < -0.39 is 5.60 Å². The van der Waals surface area contributed by atoms with Crippen LogP contribution in [0.3, 0.4) is 0 Å². The number of ether oxygens (including phenoxy) is 1. The molecule has 2 aromatic rings. The fourth-order valence-corrected chi connectivity index (χ4v) is 8.25. The Morgan fingerprint density at radius 3 is 2.50 bits per heavy atom. The van der Waals surface area contributed by atoms with Crippen LogP contribution in [0, 0.1) is 0 Å². The first-order valence-electron chi connectivity index (χ1n) is 17.7. The van der Waals surface area contributed by atoms with Gasteiger partial charge >= 0.3 is 6.03 Å². The SMILES string of the molecule is CC(C)(CCOC(C)(C)CCNC(=O)CCc1cccc(-c2ccc([C@@H]3C[C@H]3N)cc2)c1)NC(=O)CCCC[C@@H]1SC[C@@H]2NC(=O)N[C@@H]21. The van der Waals surface area contributed by atoms with E-state index in [1.807, 2.05) is 39.5 Å². The smallest absolute Gasteiger partial charge is 0.315 e. The maximum atomic E-state index is 12.6. The van der Waals surface area contributed by atoms with E-state index in [2.05, 4.69) is 69.8 Å². The average molecular weight is 678 g/mol. The Hall–Kier alpha value is -3.08. The summed E-state index contributed by atoms with van der Waals surface area (Å²) in [6.45, 7) is 9.21. The minimum atomic E-state index is -0.395. The van der Waals surface area contributed by atoms with Gasteiger partial charge in [0.1, 0.15) is 0 Å². The maximum Gasteiger partial charge on any atom is 0.315 e. The Morgan fingerprint density at radius 2 is 1.75 bits per heavy atom. The van der Waals surface area contributed by atoms with Crippen molar-refractivity contribution in [1.82, 2.24) is 21.3 Å². The highest BCUT2D eigenvalue weighted by molar-refractivity contribution is 8.00. The number of rotatable bonds is 18. The minimum Gasteiger partial charge on any atom is -0.375 e. The molecule has 0 aromatic heterocycles. The predicted octanol–water partition coefficient (Wildman–Crippen LogP) is 5.41. The second-order valence-corrected chi connectivity index (χ2v) is 16.4. The molecule has 2 aliphatic heterocycles. The van der Waals surface area contributed by atoms with Gasteiger partial charge < -0.3 is 31.7 Å². The molecular weight excluding hydrogens is 623 g/mol. The van der Waals surface area contributed by atoms with Crippen molar-refractivity contribution in [3.05, 3.63) is 59.7 Å². The molecule has 4 amide bonds. The zero-order valence-corrected chi connectivity index (χ0v) is 29.9. The van der Waals surface area contributed by atoms with Crippen molar-refractivity contribution >= 4 is 29.6 Å². The third kappa shape index (κ3) is 10.7. The number of unbranched alkanes of at least 4 members (excludes halogenated alkanes) is 1. The van der Waals surface area contributed by atoms with E-state index in [9.17, 15) is 14.4 Å². The second-order valence-electron chi connectivity index (χ2n) is 15.1. The summed E-state index contributed by atoms with van der Waals surface area (Å²) in [5, 5.41) is 12.7. The number of amides is 4. The Bertz CT molecular complexity index is 1410. The summed E-state index contributed by atoms with van der Waals surface area (Å²) < 4.78 is 6.19. The first-order valence-corrected chi connectivity index (χ1v) is 18.8. The molecule has 262 valence electrons. The van der Waals surface area contributed by atoms with Crippen LogP contribution in [-0.2, 0) is 20.7 Å². The van der Waals surface area contributed by atoms with Crippen LogP contribution in [0.4, 0.5) is 4.79 Å². The van der Waals surface area contributed by atoms with E-state index in [-0.39, 0.29) is 35.5 Å². The van der Waals surface area contributed by atoms with Gasteiger partial charge in [0.15, 0.2) is 0 Å². The highest BCUT2D eigenvalue weighted by atomic mass is 32.2. The molecule has 2 aromatic carbocycles. The van der Waals surface area contributed by atoms with Gasteiger partial charge in [-0.25, -0.2) is 4.79 Å². The van der Waals surface area contributed by atoms with Crippen molar-refractivity contribution in [1.29, 1.82) is 0 Å². The van der Waals surface area contributed by atoms with Crippen LogP contribution in [-0.4, -0.2) is 71.3 Å². The Kier molecular flexibility index (Phi) is 12.1. The summed E-state index contributed by atoms with van der Waals surface area (Å²) in [7, 11) is 0. The van der Waals surface area contributed by atoms with Crippen molar-refractivity contribution in [2.24, 2.45) is 5.73 Å². The summed E-state index contributed by atoms with van der Waals surface area (Å²) in [5.41, 5.74) is 10.0. The number of hydrogen-bond acceptors (Lipinski definition) is 6. The monoisotopic (exact) mass is 677 g/mol. The molecule has 0 radical (unpaired) electrons. The highest BCUT2D eigenvalue weighted by Crippen LogP contribution is 2.39. The molecule has 5 atom stereocenters. The summed E-state index contributed by atoms with van der Waals surface area (Å²) >= 11 is 1.91. The molecule has 3 aliphatic rings. The topological polar surface area (TPSA) is 135 Å². The summed E-state index contributed by atoms with van der Waals surface area (Å²) in [4.78, 5) is 36.9. The van der Waals surface area contributed by atoms with Gasteiger partial charge in [0.25, 0.3) is 0 Å². The number of thioether (sulfide) groups is 1. The fraction of sp³-hybridized carbons (Fsp3) is 0.605. The molecule has 2 heterocycles. The Labute approximate surface area is 290 Å². The van der Waals surface area contributed by atoms with E-state index >= 15 is 0 Å². The minimum absolute atomic E-state index is 0.0404. The van der Waals surface area contributed by atoms with E-state index in [4.69, 9.17) is 10.5 Å². The molecule has 6 N–H and O–H groups in total. The van der Waals surface area contributed by atoms with Crippen molar-refractivity contribution < 1.29 is 19.1 Å². The number of carbonyl (C=O) groups is 3. The summed E-state index contributed by atoms with van der Waals surface area (Å²) in [6, 6.07) is 17.8. The number of urea groups is 1. The van der Waals surface area contributed by atoms with E-state index in [0.717, 1.165) is 42.6 Å². The van der Waals surface area contributed by atoms with E-state index in [1.54, 1.807) is 0 Å². The lowest BCUT2D eigenvalue weighted by Crippen LogP contribution is -2.44. The lowest BCUT2D eigenvalue weighted by atomic mass is 9.99. The van der Waals surface area contributed by atoms with Gasteiger partial charge in [-0.05, 0) is 88.5 Å². The maximum absolute atomic E-state index is 12.6. The summed E-state index contributed by atoms with van der Waals surface area (Å²) in [5.74, 6) is 1.57. The van der Waals surface area contributed by atoms with Gasteiger partial charge in [-0.1, -0.05) is 55.0 Å². The molecule has 3 fully saturated rings. The second kappa shape index (κ2) is 16.1. The van der Waals surface area contributed by atoms with Gasteiger partial charge in [-0.2, -0.15) is 11.8 Å². The number of fused-ring (bicyclic) bond motifs is 1. The molecule has 1 aliphatic carbocycles. The number of nitrogens with one attached hydrogen (secondary N) is 4. The summed E-state index contributed by atoms with van der Waals surface area (Å²) in [6.07, 6.45) is 6.91. The molecule has 0 bridgehead atoms. The van der Waals surface area contributed by atoms with Gasteiger partial charge in [-0.3, -0.25) is 9.59 Å². The van der Waals surface area contributed by atoms with Crippen LogP contribution in [0.2, 0.25) is 0 Å². The van der Waals surface area contributed by atoms with E-state index in [1.165, 1.54) is 11.1 Å². The number of aryl methyl sites for hydroxylation is 1. The molecule has 1 saturated carbocycles. The van der Waals surface area contributed by atoms with Crippen molar-refractivity contribution in [2.75, 3.05) is 18.9 Å². The van der Waals surface area contributed by atoms with Gasteiger partial charge in [0, 0.05) is 54.5 Å². The highest BCUT2D eigenvalue weighted by Gasteiger charge is 2.42. The zero-order chi connectivity index (χ0) is 34.3. The molecule has 5 rings (SSSR count). The van der Waals surface area contributed by atoms with Crippen molar-refractivity contribution in [2.45, 2.75) is 126 Å². The molecular formula is C38H55N5O4S. The van der Waals surface area contributed by atoms with Crippen LogP contribution < -0.4 is 27.0 Å². The first kappa shape index (κ1) is 36.2. The molecule has 10 heteroatoms. The van der Waals surface area contributed by atoms with E-state index in [0.29, 0.717) is 62.5 Å². The van der Waals surface area contributed by atoms with Crippen LogP contribution in [0.5, 0.6) is 0 Å². The van der Waals surface area contributed by atoms with Crippen molar-refractivity contribution in [3.8, 4) is 11.1 Å². The normalized spacial score (nSPS) is 23.3. The van der Waals surface area contributed by atoms with Gasteiger partial charge in [0.2, 0.25) is 11.8 Å². The number of nitrogens with two attached hydrogens (primary N) is 1. The van der Waals surface area contributed by atoms with Gasteiger partial charge in [0.05, 0.1) is 17.7 Å². The molecule has 9 nitrogen and oxygen atoms in total. The molecule has 0 unspecified atom stereocenters. The zero-order valence-electron chi connectivity index (χ0n) is 29.1. The molecule has 0 spiro atoms. The number of hydrogen-bond donors (Lipinski definition) is 5. The van der Waals surface area contributed by atoms with Crippen LogP contribution in [0.25, 0.3) is 11.1 Å². The Morgan fingerprint density at radius 1 is 0.979 bits per heavy atom. The van der Waals surface area contributed by atoms with Crippen LogP contribution in [0.15, 0.2) is 48.5 Å². The third-order valence-corrected chi connectivity index (χ3v) is 11.4. The third-order valence-electron chi connectivity index (χ3n) is 9.91. The number of carbonyl (C=O) groups excluding carboxylic acids is 3. The standard InChI is InChI=1S/C38H55N5O4S/c1-37(2,43-34(45)11-6-5-10-32-35-31(24-48-32)41-36(46)42-35)19-21-47-38(3,4)18-20-40-33(44)17-12-25-8-7-9-28(22-25)26-13-15-27(16-14-26)29-23-30(29)39/h7-9,13-16,22,29-32,35H,5-6,10-12,17-21,23-24,39H2,1-4H3,(H,40,44)(H,43,45)(H2,41,42,46)/t29-,30+,31-,32-,35-/m0/s1. The van der Waals surface area contributed by atoms with Crippen LogP contribution in [0.1, 0.15) is 96.1 Å². The largest absolute Gasteiger partial charge is 0.375 e. The van der Waals surface area contributed by atoms with Crippen LogP contribution >= 0.6 is 11.8 Å². The lowest BCUT2D eigenvalue weighted by molar-refractivity contribution is -0.123. The quantitative estimate of drug-likeness (QED) is 0.106. The van der Waals surface area contributed by atoms with Gasteiger partial charge in [-0.15, -0.1) is 0 Å². The predicted molar refractivity (Wildman–Crippen MR) is 194 cm³/mol. The number of benzene rings is 2. The fourth-order valence-electron chi connectivity index (χ4n) is 6.71. The molecule has 2 saturated heterocycles. The average Bonchev–Trinajstić information content (AvgIpc) is 3.48. The molecule has 48 heavy (non-hydrogen) atoms. The van der Waals surface area contributed by atoms with Crippen molar-refractivity contribution in [3.63, 3.8) is 0 Å².